The quantitative estimate of drug-likeness (QED) is 0.744. The number of benzene rings is 1. The molecule has 2 rings (SSSR count). The number of hydrogen-bond donors (Lipinski definition) is 2. The van der Waals surface area contributed by atoms with Gasteiger partial charge in [0, 0.05) is 19.7 Å². The van der Waals surface area contributed by atoms with Crippen LogP contribution in [0.5, 0.6) is 0 Å². The van der Waals surface area contributed by atoms with Crippen molar-refractivity contribution < 1.29 is 14.3 Å². The van der Waals surface area contributed by atoms with Gasteiger partial charge in [-0.1, -0.05) is 48.0 Å². The third kappa shape index (κ3) is 4.78. The molecular formula is C17H18ClN3O3. The van der Waals surface area contributed by atoms with Gasteiger partial charge in [0.1, 0.15) is 11.2 Å². The number of nitrogens with zero attached hydrogens (tertiary/aromatic N) is 1. The number of carbonyl (C=O) groups is 2. The normalized spacial score (nSPS) is 13.1. The van der Waals surface area contributed by atoms with E-state index in [2.05, 4.69) is 10.3 Å². The summed E-state index contributed by atoms with van der Waals surface area (Å²) in [5.41, 5.74) is 6.82. The zero-order valence-corrected chi connectivity index (χ0v) is 13.9. The molecule has 6 nitrogen and oxygen atoms in total. The van der Waals surface area contributed by atoms with Gasteiger partial charge in [-0.2, -0.15) is 0 Å². The van der Waals surface area contributed by atoms with Gasteiger partial charge in [-0.05, 0) is 17.2 Å². The Hall–Kier alpha value is -2.44. The van der Waals surface area contributed by atoms with Gasteiger partial charge in [0.05, 0.1) is 0 Å². The minimum atomic E-state index is -0.873. The first-order valence-electron chi connectivity index (χ1n) is 7.29. The maximum Gasteiger partial charge on any atom is 0.254 e. The number of methoxy groups -OCH3 is 1. The summed E-state index contributed by atoms with van der Waals surface area (Å²) in [5.74, 6) is -1.07. The van der Waals surface area contributed by atoms with Gasteiger partial charge in [0.2, 0.25) is 5.91 Å². The second kappa shape index (κ2) is 8.42. The summed E-state index contributed by atoms with van der Waals surface area (Å²) >= 11 is 5.73. The van der Waals surface area contributed by atoms with Crippen molar-refractivity contribution in [2.24, 2.45) is 5.73 Å². The molecule has 3 N–H and O–H groups in total. The fraction of sp³-hybridized carbons (Fsp3) is 0.235. The lowest BCUT2D eigenvalue weighted by Gasteiger charge is -2.20. The Balaban J connectivity index is 2.10. The average Bonchev–Trinajstić information content (AvgIpc) is 2.57. The van der Waals surface area contributed by atoms with E-state index in [9.17, 15) is 9.59 Å². The summed E-state index contributed by atoms with van der Waals surface area (Å²) in [4.78, 5) is 28.1. The molecule has 0 fully saturated rings. The predicted molar refractivity (Wildman–Crippen MR) is 90.3 cm³/mol. The van der Waals surface area contributed by atoms with Crippen molar-refractivity contribution in [3.05, 3.63) is 64.9 Å². The van der Waals surface area contributed by atoms with E-state index in [1.807, 2.05) is 6.07 Å². The molecule has 0 saturated heterocycles. The number of hydrogen-bond acceptors (Lipinski definition) is 4. The number of nitrogens with one attached hydrogen (secondary N) is 1. The molecule has 0 spiro atoms. The second-order valence-corrected chi connectivity index (χ2v) is 5.57. The van der Waals surface area contributed by atoms with Crippen molar-refractivity contribution in [3.8, 4) is 0 Å². The fourth-order valence-corrected chi connectivity index (χ4v) is 2.37. The lowest BCUT2D eigenvalue weighted by Crippen LogP contribution is -2.47. The number of ether oxygens (including phenoxy) is 1. The van der Waals surface area contributed by atoms with Gasteiger partial charge >= 0.3 is 0 Å². The third-order valence-electron chi connectivity index (χ3n) is 3.46. The van der Waals surface area contributed by atoms with Crippen LogP contribution in [0.25, 0.3) is 0 Å². The van der Waals surface area contributed by atoms with Crippen molar-refractivity contribution in [1.82, 2.24) is 10.3 Å². The zero-order valence-electron chi connectivity index (χ0n) is 13.1. The Morgan fingerprint density at radius 1 is 1.25 bits per heavy atom. The maximum atomic E-state index is 12.5. The minimum absolute atomic E-state index is 0.219. The van der Waals surface area contributed by atoms with E-state index in [4.69, 9.17) is 22.1 Å². The van der Waals surface area contributed by atoms with E-state index in [1.54, 1.807) is 36.4 Å². The molecule has 2 amide bonds. The molecule has 1 aromatic carbocycles. The zero-order chi connectivity index (χ0) is 17.5. The summed E-state index contributed by atoms with van der Waals surface area (Å²) in [6.07, 6.45) is 0.933. The highest BCUT2D eigenvalue weighted by Gasteiger charge is 2.25. The van der Waals surface area contributed by atoms with Crippen LogP contribution in [0.3, 0.4) is 0 Å². The molecule has 0 unspecified atom stereocenters. The number of carbonyl (C=O) groups excluding carboxylic acids is 2. The van der Waals surface area contributed by atoms with Crippen molar-refractivity contribution in [2.45, 2.75) is 18.6 Å². The Kier molecular flexibility index (Phi) is 6.28. The molecular weight excluding hydrogens is 330 g/mol. The first-order valence-corrected chi connectivity index (χ1v) is 7.67. The highest BCUT2D eigenvalue weighted by Crippen LogP contribution is 2.17. The second-order valence-electron chi connectivity index (χ2n) is 5.18. The van der Waals surface area contributed by atoms with E-state index in [-0.39, 0.29) is 6.42 Å². The molecule has 2 aromatic rings. The van der Waals surface area contributed by atoms with Crippen molar-refractivity contribution in [3.63, 3.8) is 0 Å². The third-order valence-corrected chi connectivity index (χ3v) is 3.69. The maximum absolute atomic E-state index is 12.5. The van der Waals surface area contributed by atoms with Gasteiger partial charge in [0.25, 0.3) is 5.91 Å². The summed E-state index contributed by atoms with van der Waals surface area (Å²) in [5, 5.41) is 2.98. The molecule has 2 atom stereocenters. The van der Waals surface area contributed by atoms with Crippen molar-refractivity contribution in [1.29, 1.82) is 0 Å². The lowest BCUT2D eigenvalue weighted by atomic mass is 10.1. The molecule has 0 radical (unpaired) electrons. The van der Waals surface area contributed by atoms with E-state index in [1.165, 1.54) is 13.3 Å². The molecule has 7 heteroatoms. The van der Waals surface area contributed by atoms with Gasteiger partial charge < -0.3 is 15.8 Å². The molecule has 24 heavy (non-hydrogen) atoms. The smallest absolute Gasteiger partial charge is 0.254 e. The van der Waals surface area contributed by atoms with Crippen LogP contribution in [0.15, 0.2) is 48.7 Å². The van der Waals surface area contributed by atoms with Crippen LogP contribution in [-0.2, 0) is 20.7 Å². The average molecular weight is 348 g/mol. The van der Waals surface area contributed by atoms with E-state index in [0.717, 1.165) is 5.56 Å². The first-order chi connectivity index (χ1) is 11.5. The number of nitrogens with two attached hydrogens (primary N) is 1. The topological polar surface area (TPSA) is 94.3 Å². The molecule has 0 bridgehead atoms. The summed E-state index contributed by atoms with van der Waals surface area (Å²) in [6.45, 7) is 0. The number of aromatic nitrogens is 1. The number of amides is 2. The molecule has 0 aliphatic rings. The minimum Gasteiger partial charge on any atom is -0.368 e. The summed E-state index contributed by atoms with van der Waals surface area (Å²) in [6, 6.07) is 11.5. The molecule has 1 aromatic heterocycles. The predicted octanol–water partition coefficient (Wildman–Crippen LogP) is 1.64. The Morgan fingerprint density at radius 3 is 2.50 bits per heavy atom. The van der Waals surface area contributed by atoms with Crippen LogP contribution in [0, 0.1) is 0 Å². The lowest BCUT2D eigenvalue weighted by molar-refractivity contribution is -0.134. The number of primary amides is 1. The molecule has 1 heterocycles. The van der Waals surface area contributed by atoms with E-state index in [0.29, 0.717) is 10.7 Å². The SMILES string of the molecule is CO[C@@H](C(=O)N[C@@H](Cc1ccc(Cl)nc1)C(N)=O)c1ccccc1. The monoisotopic (exact) mass is 347 g/mol. The van der Waals surface area contributed by atoms with Crippen LogP contribution >= 0.6 is 11.6 Å². The number of halogens is 1. The molecule has 0 aliphatic heterocycles. The van der Waals surface area contributed by atoms with Crippen molar-refractivity contribution in [2.75, 3.05) is 7.11 Å². The largest absolute Gasteiger partial charge is 0.368 e. The number of pyridine rings is 1. The fourth-order valence-electron chi connectivity index (χ4n) is 2.26. The summed E-state index contributed by atoms with van der Waals surface area (Å²) in [7, 11) is 1.43. The highest BCUT2D eigenvalue weighted by molar-refractivity contribution is 6.29. The van der Waals surface area contributed by atoms with Crippen LogP contribution in [0.1, 0.15) is 17.2 Å². The van der Waals surface area contributed by atoms with E-state index >= 15 is 0 Å². The van der Waals surface area contributed by atoms with Gasteiger partial charge in [0.15, 0.2) is 6.10 Å². The van der Waals surface area contributed by atoms with Crippen LogP contribution < -0.4 is 11.1 Å². The van der Waals surface area contributed by atoms with Gasteiger partial charge in [-0.3, -0.25) is 9.59 Å². The molecule has 0 aliphatic carbocycles. The van der Waals surface area contributed by atoms with Gasteiger partial charge in [-0.15, -0.1) is 0 Å². The summed E-state index contributed by atoms with van der Waals surface area (Å²) < 4.78 is 5.25. The highest BCUT2D eigenvalue weighted by atomic mass is 35.5. The molecule has 0 saturated carbocycles. The van der Waals surface area contributed by atoms with Gasteiger partial charge in [-0.25, -0.2) is 4.98 Å². The van der Waals surface area contributed by atoms with Crippen LogP contribution in [0.4, 0.5) is 0 Å². The Morgan fingerprint density at radius 2 is 1.96 bits per heavy atom. The standard InChI is InChI=1S/C17H18ClN3O3/c1-24-15(12-5-3-2-4-6-12)17(23)21-13(16(19)22)9-11-7-8-14(18)20-10-11/h2-8,10,13,15H,9H2,1H3,(H2,19,22)(H,21,23)/t13-,15+/m0/s1. The van der Waals surface area contributed by atoms with Crippen LogP contribution in [0.2, 0.25) is 5.15 Å². The first kappa shape index (κ1) is 17.9. The van der Waals surface area contributed by atoms with Crippen molar-refractivity contribution >= 4 is 23.4 Å². The molecule has 126 valence electrons. The van der Waals surface area contributed by atoms with Crippen LogP contribution in [-0.4, -0.2) is 29.9 Å². The Bertz CT molecular complexity index is 692. The van der Waals surface area contributed by atoms with E-state index < -0.39 is 24.0 Å². The number of rotatable bonds is 7. The Labute approximate surface area is 145 Å².